The lowest BCUT2D eigenvalue weighted by molar-refractivity contribution is -0.0482. The first-order valence-electron chi connectivity index (χ1n) is 14.6. The average Bonchev–Trinajstić information content (AvgIpc) is 3.27. The molecule has 1 N–H and O–H groups in total. The zero-order chi connectivity index (χ0) is 31.6. The molecule has 3 heterocycles. The summed E-state index contributed by atoms with van der Waals surface area (Å²) in [6.07, 6.45) is -0.342. The molecule has 234 valence electrons. The molecule has 0 aliphatic carbocycles. The molecule has 0 amide bonds. The van der Waals surface area contributed by atoms with E-state index >= 15 is 0 Å². The number of nitrogens with zero attached hydrogens (tertiary/aromatic N) is 3. The average molecular weight is 737 g/mol. The Kier molecular flexibility index (Phi) is 9.83. The van der Waals surface area contributed by atoms with Crippen molar-refractivity contribution in [1.82, 2.24) is 19.5 Å². The maximum absolute atomic E-state index is 12.7. The number of rotatable bonds is 8. The van der Waals surface area contributed by atoms with Gasteiger partial charge < -0.3 is 23.0 Å². The summed E-state index contributed by atoms with van der Waals surface area (Å²) in [6, 6.07) is 0. The summed E-state index contributed by atoms with van der Waals surface area (Å²) in [6.45, 7) is 34.2. The van der Waals surface area contributed by atoms with Gasteiger partial charge in [0.2, 0.25) is 0 Å². The van der Waals surface area contributed by atoms with Crippen LogP contribution < -0.4 is 5.56 Å². The highest BCUT2D eigenvalue weighted by Gasteiger charge is 2.55. The molecule has 0 unspecified atom stereocenters. The van der Waals surface area contributed by atoms with Crippen molar-refractivity contribution >= 4 is 58.7 Å². The summed E-state index contributed by atoms with van der Waals surface area (Å²) in [5.74, 6) is 0. The number of aromatic nitrogens is 4. The summed E-state index contributed by atoms with van der Waals surface area (Å²) in [5, 5.41) is 0.00941. The van der Waals surface area contributed by atoms with Crippen molar-refractivity contribution in [2.45, 2.75) is 141 Å². The van der Waals surface area contributed by atoms with E-state index in [2.05, 4.69) is 139 Å². The first kappa shape index (κ1) is 35.1. The van der Waals surface area contributed by atoms with Gasteiger partial charge in [-0.2, -0.15) is 0 Å². The highest BCUT2D eigenvalue weighted by molar-refractivity contribution is 14.1. The van der Waals surface area contributed by atoms with Gasteiger partial charge in [-0.3, -0.25) is 9.36 Å². The van der Waals surface area contributed by atoms with Crippen molar-refractivity contribution in [2.75, 3.05) is 6.61 Å². The van der Waals surface area contributed by atoms with Gasteiger partial charge in [-0.25, -0.2) is 9.97 Å². The molecule has 3 rings (SSSR count). The first-order chi connectivity index (χ1) is 18.3. The van der Waals surface area contributed by atoms with Crippen LogP contribution in [0.15, 0.2) is 11.1 Å². The Bertz CT molecular complexity index is 1290. The summed E-state index contributed by atoms with van der Waals surface area (Å²) >= 11 is 2.16. The summed E-state index contributed by atoms with van der Waals surface area (Å²) in [5.41, 5.74) is 0.483. The van der Waals surface area contributed by atoms with Crippen LogP contribution in [0, 0.1) is 3.83 Å². The third kappa shape index (κ3) is 7.12. The molecule has 0 saturated carbocycles. The molecule has 0 spiro atoms. The number of ether oxygens (including phenoxy) is 1. The number of hydrogen-bond donors (Lipinski definition) is 1. The van der Waals surface area contributed by atoms with Crippen LogP contribution in [0.1, 0.15) is 68.5 Å². The maximum Gasteiger partial charge on any atom is 0.278 e. The second kappa shape index (κ2) is 11.5. The van der Waals surface area contributed by atoms with Crippen LogP contribution in [-0.2, 0) is 18.0 Å². The van der Waals surface area contributed by atoms with E-state index in [0.717, 1.165) is 0 Å². The Labute approximate surface area is 263 Å². The Balaban J connectivity index is 2.20. The fraction of sp³-hybridized carbons (Fsp3) is 0.821. The van der Waals surface area contributed by atoms with Gasteiger partial charge in [0.05, 0.1) is 12.9 Å². The minimum Gasteiger partial charge on any atom is -0.414 e. The monoisotopic (exact) mass is 736 g/mol. The summed E-state index contributed by atoms with van der Waals surface area (Å²) < 4.78 is 30.7. The highest BCUT2D eigenvalue weighted by atomic mass is 127. The van der Waals surface area contributed by atoms with E-state index in [0.29, 0.717) is 16.1 Å². The van der Waals surface area contributed by atoms with Crippen molar-refractivity contribution in [3.05, 3.63) is 20.5 Å². The van der Waals surface area contributed by atoms with Crippen LogP contribution in [0.25, 0.3) is 11.2 Å². The maximum atomic E-state index is 12.7. The van der Waals surface area contributed by atoms with Gasteiger partial charge in [-0.1, -0.05) is 62.3 Å². The zero-order valence-electron chi connectivity index (χ0n) is 27.9. The predicted octanol–water partition coefficient (Wildman–Crippen LogP) is 7.42. The minimum absolute atomic E-state index is 0.0115. The van der Waals surface area contributed by atoms with Gasteiger partial charge in [-0.15, -0.1) is 0 Å². The molecule has 1 fully saturated rings. The molecule has 1 aliphatic heterocycles. The van der Waals surface area contributed by atoms with Crippen molar-refractivity contribution in [2.24, 2.45) is 0 Å². The van der Waals surface area contributed by atoms with Gasteiger partial charge in [0.25, 0.3) is 5.56 Å². The predicted molar refractivity (Wildman–Crippen MR) is 182 cm³/mol. The third-order valence-corrected chi connectivity index (χ3v) is 24.1. The van der Waals surface area contributed by atoms with E-state index < -0.39 is 37.3 Å². The quantitative estimate of drug-likeness (QED) is 0.171. The molecule has 1 aliphatic rings. The molecule has 0 radical (unpaired) electrons. The lowest BCUT2D eigenvalue weighted by Gasteiger charge is -2.44. The van der Waals surface area contributed by atoms with Crippen LogP contribution in [0.4, 0.5) is 0 Å². The zero-order valence-corrected chi connectivity index (χ0v) is 33.0. The Morgan fingerprint density at radius 2 is 1.37 bits per heavy atom. The molecule has 9 nitrogen and oxygen atoms in total. The highest BCUT2D eigenvalue weighted by Crippen LogP contribution is 2.47. The second-order valence-corrected chi connectivity index (χ2v) is 31.3. The summed E-state index contributed by atoms with van der Waals surface area (Å²) in [4.78, 5) is 24.4. The normalized spacial score (nSPS) is 23.5. The molecule has 4 atom stereocenters. The largest absolute Gasteiger partial charge is 0.414 e. The number of aromatic amines is 1. The molecule has 2 aromatic rings. The van der Waals surface area contributed by atoms with Gasteiger partial charge >= 0.3 is 0 Å². The number of nitrogens with one attached hydrogen (secondary N) is 1. The lowest BCUT2D eigenvalue weighted by atomic mass is 10.1. The van der Waals surface area contributed by atoms with Crippen LogP contribution in [0.5, 0.6) is 0 Å². The Morgan fingerprint density at radius 3 is 1.85 bits per heavy atom. The molecule has 1 saturated heterocycles. The van der Waals surface area contributed by atoms with Crippen LogP contribution in [-0.4, -0.2) is 69.4 Å². The second-order valence-electron chi connectivity index (χ2n) is 16.0. The molecule has 0 bridgehead atoms. The van der Waals surface area contributed by atoms with Gasteiger partial charge in [-0.05, 0) is 54.4 Å². The first-order valence-corrected chi connectivity index (χ1v) is 24.4. The molecule has 13 heteroatoms. The van der Waals surface area contributed by atoms with E-state index in [1.54, 1.807) is 0 Å². The van der Waals surface area contributed by atoms with Gasteiger partial charge in [0, 0.05) is 22.6 Å². The number of imidazole rings is 1. The van der Waals surface area contributed by atoms with E-state index in [9.17, 15) is 4.79 Å². The fourth-order valence-corrected chi connectivity index (χ4v) is 8.34. The number of fused-ring (bicyclic) bond motifs is 1. The molecule has 41 heavy (non-hydrogen) atoms. The van der Waals surface area contributed by atoms with Crippen LogP contribution in [0.2, 0.25) is 54.4 Å². The van der Waals surface area contributed by atoms with E-state index in [-0.39, 0.29) is 38.4 Å². The Hall–Kier alpha value is -0.429. The van der Waals surface area contributed by atoms with E-state index in [1.807, 2.05) is 4.57 Å². The van der Waals surface area contributed by atoms with Crippen molar-refractivity contribution in [3.63, 3.8) is 0 Å². The minimum atomic E-state index is -2.30. The molecular formula is C28H53IN4O5Si3. The molecular weight excluding hydrogens is 683 g/mol. The third-order valence-electron chi connectivity index (χ3n) is 9.87. The van der Waals surface area contributed by atoms with E-state index in [4.69, 9.17) is 18.0 Å². The van der Waals surface area contributed by atoms with Gasteiger partial charge in [0.15, 0.2) is 46.2 Å². The van der Waals surface area contributed by atoms with E-state index in [1.165, 1.54) is 6.33 Å². The van der Waals surface area contributed by atoms with Crippen molar-refractivity contribution in [3.8, 4) is 0 Å². The van der Waals surface area contributed by atoms with Crippen LogP contribution >= 0.6 is 22.6 Å². The van der Waals surface area contributed by atoms with Crippen molar-refractivity contribution < 1.29 is 18.0 Å². The van der Waals surface area contributed by atoms with Crippen molar-refractivity contribution in [1.29, 1.82) is 0 Å². The smallest absolute Gasteiger partial charge is 0.278 e. The lowest BCUT2D eigenvalue weighted by Crippen LogP contribution is -2.54. The van der Waals surface area contributed by atoms with Gasteiger partial charge in [0.1, 0.15) is 18.3 Å². The Morgan fingerprint density at radius 1 is 0.878 bits per heavy atom. The summed E-state index contributed by atoms with van der Waals surface area (Å²) in [7, 11) is -6.65. The standard InChI is InChI=1S/C28H53IN4O5Si3/c1-26(2,3)39(10,11)35-16-18-20(37-40(12,13)27(4,5)6)21(38-41(14,15)28(7,8)9)24(36-18)33-22-19(32-25(33)29)23(34)31-17-30-22/h17-18,20-21,24H,16H2,1-15H3,(H,30,31,34)/t18-,20-,21-,24-/m1/s1. The SMILES string of the molecule is CC(C)(C)[Si](C)(C)OC[C@H]1O[C@@H](n2c(I)nc3c(=O)[nH]cnc32)[C@H](O[Si](C)(C)C(C)(C)C)[C@@H]1O[Si](C)(C)C(C)(C)C. The number of hydrogen-bond acceptors (Lipinski definition) is 7. The molecule has 0 aromatic carbocycles. The topological polar surface area (TPSA) is 100 Å². The van der Waals surface area contributed by atoms with Crippen LogP contribution in [0.3, 0.4) is 0 Å². The number of halogens is 1. The number of H-pyrrole nitrogens is 1. The fourth-order valence-electron chi connectivity index (χ4n) is 3.98. The molecule has 2 aromatic heterocycles.